The van der Waals surface area contributed by atoms with Crippen molar-refractivity contribution in [3.05, 3.63) is 46.9 Å². The van der Waals surface area contributed by atoms with Crippen molar-refractivity contribution in [2.75, 3.05) is 0 Å². The molecule has 0 aliphatic rings. The number of hydrogen-bond acceptors (Lipinski definition) is 2. The van der Waals surface area contributed by atoms with E-state index in [1.54, 1.807) is 18.2 Å². The quantitative estimate of drug-likeness (QED) is 0.731. The van der Waals surface area contributed by atoms with Crippen LogP contribution in [0.4, 0.5) is 4.39 Å². The van der Waals surface area contributed by atoms with Crippen molar-refractivity contribution >= 4 is 0 Å². The van der Waals surface area contributed by atoms with E-state index in [4.69, 9.17) is 0 Å². The van der Waals surface area contributed by atoms with Crippen LogP contribution in [-0.4, -0.2) is 10.2 Å². The number of rotatable bonds is 1. The molecule has 0 bridgehead atoms. The minimum absolute atomic E-state index is 0.261. The first-order chi connectivity index (χ1) is 7.61. The molecule has 0 saturated heterocycles. The first-order valence-corrected chi connectivity index (χ1v) is 5.16. The summed E-state index contributed by atoms with van der Waals surface area (Å²) in [4.78, 5) is 0. The lowest BCUT2D eigenvalue weighted by molar-refractivity contribution is 0.630. The third-order valence-corrected chi connectivity index (χ3v) is 2.89. The van der Waals surface area contributed by atoms with Gasteiger partial charge in [-0.3, -0.25) is 0 Å². The maximum atomic E-state index is 13.6. The molecule has 0 spiro atoms. The number of aryl methyl sites for hydroxylation is 1. The Morgan fingerprint density at radius 1 is 0.938 bits per heavy atom. The van der Waals surface area contributed by atoms with Gasteiger partial charge >= 0.3 is 0 Å². The summed E-state index contributed by atoms with van der Waals surface area (Å²) in [6, 6.07) is 6.63. The number of hydrogen-bond donors (Lipinski definition) is 0. The fraction of sp³-hybridized carbons (Fsp3) is 0.231. The van der Waals surface area contributed by atoms with Crippen molar-refractivity contribution in [1.82, 2.24) is 10.2 Å². The highest BCUT2D eigenvalue weighted by atomic mass is 19.1. The van der Waals surface area contributed by atoms with Crippen LogP contribution in [0.15, 0.2) is 24.3 Å². The molecule has 0 amide bonds. The largest absolute Gasteiger partial charge is 0.206 e. The summed E-state index contributed by atoms with van der Waals surface area (Å²) in [6.07, 6.45) is 0. The van der Waals surface area contributed by atoms with Gasteiger partial charge in [-0.2, -0.15) is 5.10 Å². The molecule has 0 unspecified atom stereocenters. The van der Waals surface area contributed by atoms with E-state index in [-0.39, 0.29) is 5.82 Å². The minimum Gasteiger partial charge on any atom is -0.206 e. The first kappa shape index (κ1) is 10.7. The Bertz CT molecular complexity index is 535. The van der Waals surface area contributed by atoms with Crippen LogP contribution in [0, 0.1) is 26.6 Å². The lowest BCUT2D eigenvalue weighted by Crippen LogP contribution is -2.00. The van der Waals surface area contributed by atoms with Crippen molar-refractivity contribution in [1.29, 1.82) is 0 Å². The Kier molecular flexibility index (Phi) is 2.69. The highest BCUT2D eigenvalue weighted by molar-refractivity contribution is 5.64. The van der Waals surface area contributed by atoms with Crippen LogP contribution in [0.3, 0.4) is 0 Å². The summed E-state index contributed by atoms with van der Waals surface area (Å²) >= 11 is 0. The highest BCUT2D eigenvalue weighted by Gasteiger charge is 2.12. The second-order valence-corrected chi connectivity index (χ2v) is 3.86. The Hall–Kier alpha value is -1.77. The van der Waals surface area contributed by atoms with Crippen LogP contribution in [-0.2, 0) is 0 Å². The molecule has 3 heteroatoms. The normalized spacial score (nSPS) is 10.5. The number of nitrogens with zero attached hydrogens (tertiary/aromatic N) is 2. The minimum atomic E-state index is -0.261. The van der Waals surface area contributed by atoms with E-state index < -0.39 is 0 Å². The average molecular weight is 216 g/mol. The molecule has 2 nitrogen and oxygen atoms in total. The molecule has 0 atom stereocenters. The molecule has 1 aromatic heterocycles. The van der Waals surface area contributed by atoms with E-state index in [0.717, 1.165) is 16.8 Å². The lowest BCUT2D eigenvalue weighted by atomic mass is 10.0. The standard InChI is InChI=1S/C13H13FN2/c1-8-9(2)13(16-15-10(8)3)11-6-4-5-7-12(11)14/h4-7H,1-3H3. The van der Waals surface area contributed by atoms with Crippen LogP contribution in [0.1, 0.15) is 16.8 Å². The number of halogens is 1. The third kappa shape index (κ3) is 1.69. The lowest BCUT2D eigenvalue weighted by Gasteiger charge is -2.09. The molecule has 0 aliphatic heterocycles. The SMILES string of the molecule is Cc1nnc(-c2ccccc2F)c(C)c1C. The zero-order valence-corrected chi connectivity index (χ0v) is 9.58. The molecule has 1 heterocycles. The molecule has 0 saturated carbocycles. The summed E-state index contributed by atoms with van der Waals surface area (Å²) in [5.41, 5.74) is 4.07. The fourth-order valence-electron chi connectivity index (χ4n) is 1.63. The molecule has 16 heavy (non-hydrogen) atoms. The van der Waals surface area contributed by atoms with Crippen molar-refractivity contribution in [2.24, 2.45) is 0 Å². The molecule has 2 rings (SSSR count). The first-order valence-electron chi connectivity index (χ1n) is 5.16. The molecule has 0 fully saturated rings. The molecular weight excluding hydrogens is 203 g/mol. The average Bonchev–Trinajstić information content (AvgIpc) is 2.28. The van der Waals surface area contributed by atoms with Crippen LogP contribution in [0.2, 0.25) is 0 Å². The van der Waals surface area contributed by atoms with Gasteiger partial charge in [0.15, 0.2) is 0 Å². The van der Waals surface area contributed by atoms with Crippen molar-refractivity contribution in [3.63, 3.8) is 0 Å². The molecule has 0 radical (unpaired) electrons. The molecular formula is C13H13FN2. The molecule has 2 aromatic rings. The van der Waals surface area contributed by atoms with Gasteiger partial charge in [-0.1, -0.05) is 12.1 Å². The zero-order chi connectivity index (χ0) is 11.7. The van der Waals surface area contributed by atoms with Crippen LogP contribution < -0.4 is 0 Å². The summed E-state index contributed by atoms with van der Waals surface area (Å²) in [5, 5.41) is 8.12. The Labute approximate surface area is 94.2 Å². The van der Waals surface area contributed by atoms with E-state index >= 15 is 0 Å². The zero-order valence-electron chi connectivity index (χ0n) is 9.58. The maximum Gasteiger partial charge on any atom is 0.132 e. The molecule has 0 aliphatic carbocycles. The molecule has 82 valence electrons. The molecule has 0 N–H and O–H groups in total. The van der Waals surface area contributed by atoms with Crippen molar-refractivity contribution in [3.8, 4) is 11.3 Å². The Balaban J connectivity index is 2.66. The van der Waals surface area contributed by atoms with Gasteiger partial charge in [0.05, 0.1) is 11.4 Å². The van der Waals surface area contributed by atoms with E-state index in [2.05, 4.69) is 10.2 Å². The second kappa shape index (κ2) is 4.00. The van der Waals surface area contributed by atoms with Gasteiger partial charge in [-0.25, -0.2) is 4.39 Å². The Morgan fingerprint density at radius 2 is 1.62 bits per heavy atom. The van der Waals surface area contributed by atoms with Gasteiger partial charge < -0.3 is 0 Å². The van der Waals surface area contributed by atoms with Crippen LogP contribution in [0.5, 0.6) is 0 Å². The smallest absolute Gasteiger partial charge is 0.132 e. The van der Waals surface area contributed by atoms with E-state index in [0.29, 0.717) is 11.3 Å². The van der Waals surface area contributed by atoms with Gasteiger partial charge in [0, 0.05) is 5.56 Å². The summed E-state index contributed by atoms with van der Waals surface area (Å²) in [6.45, 7) is 5.82. The molecule has 1 aromatic carbocycles. The number of aromatic nitrogens is 2. The van der Waals surface area contributed by atoms with Gasteiger partial charge in [-0.15, -0.1) is 5.10 Å². The fourth-order valence-corrected chi connectivity index (χ4v) is 1.63. The monoisotopic (exact) mass is 216 g/mol. The summed E-state index contributed by atoms with van der Waals surface area (Å²) in [5.74, 6) is -0.261. The Morgan fingerprint density at radius 3 is 2.31 bits per heavy atom. The topological polar surface area (TPSA) is 25.8 Å². The maximum absolute atomic E-state index is 13.6. The third-order valence-electron chi connectivity index (χ3n) is 2.89. The van der Waals surface area contributed by atoms with Crippen molar-refractivity contribution < 1.29 is 4.39 Å². The predicted octanol–water partition coefficient (Wildman–Crippen LogP) is 3.21. The predicted molar refractivity (Wildman–Crippen MR) is 61.6 cm³/mol. The van der Waals surface area contributed by atoms with E-state index in [1.807, 2.05) is 20.8 Å². The van der Waals surface area contributed by atoms with Gasteiger partial charge in [-0.05, 0) is 44.0 Å². The van der Waals surface area contributed by atoms with E-state index in [9.17, 15) is 4.39 Å². The second-order valence-electron chi connectivity index (χ2n) is 3.86. The van der Waals surface area contributed by atoms with Gasteiger partial charge in [0.1, 0.15) is 5.82 Å². The van der Waals surface area contributed by atoms with Crippen molar-refractivity contribution in [2.45, 2.75) is 20.8 Å². The summed E-state index contributed by atoms with van der Waals surface area (Å²) < 4.78 is 13.6. The van der Waals surface area contributed by atoms with Gasteiger partial charge in [0.25, 0.3) is 0 Å². The number of benzene rings is 1. The van der Waals surface area contributed by atoms with Crippen LogP contribution in [0.25, 0.3) is 11.3 Å². The highest BCUT2D eigenvalue weighted by Crippen LogP contribution is 2.25. The van der Waals surface area contributed by atoms with Crippen LogP contribution >= 0.6 is 0 Å². The van der Waals surface area contributed by atoms with E-state index in [1.165, 1.54) is 6.07 Å². The summed E-state index contributed by atoms with van der Waals surface area (Å²) in [7, 11) is 0. The van der Waals surface area contributed by atoms with Gasteiger partial charge in [0.2, 0.25) is 0 Å².